The van der Waals surface area contributed by atoms with E-state index in [4.69, 9.17) is 9.47 Å². The minimum Gasteiger partial charge on any atom is -0.493 e. The van der Waals surface area contributed by atoms with Gasteiger partial charge in [0.05, 0.1) is 40.5 Å². The molecule has 2 amide bonds. The van der Waals surface area contributed by atoms with Crippen molar-refractivity contribution in [2.45, 2.75) is 33.6 Å². The third-order valence-corrected chi connectivity index (χ3v) is 8.85. The minimum absolute atomic E-state index is 0.177. The molecule has 11 heteroatoms. The van der Waals surface area contributed by atoms with Crippen LogP contribution >= 0.6 is 11.3 Å². The summed E-state index contributed by atoms with van der Waals surface area (Å²) in [7, 11) is 1.98. The lowest BCUT2D eigenvalue weighted by Gasteiger charge is -2.35. The van der Waals surface area contributed by atoms with Gasteiger partial charge < -0.3 is 19.5 Å². The molecule has 0 aliphatic carbocycles. The van der Waals surface area contributed by atoms with Crippen LogP contribution in [-0.4, -0.2) is 60.4 Å². The van der Waals surface area contributed by atoms with Crippen LogP contribution in [0, 0.1) is 5.41 Å². The second kappa shape index (κ2) is 13.9. The Bertz CT molecular complexity index is 1920. The van der Waals surface area contributed by atoms with Gasteiger partial charge in [-0.2, -0.15) is 0 Å². The molecule has 1 aliphatic heterocycles. The van der Waals surface area contributed by atoms with Crippen molar-refractivity contribution in [1.82, 2.24) is 9.97 Å². The number of benzene rings is 3. The van der Waals surface area contributed by atoms with E-state index in [1.54, 1.807) is 17.0 Å². The predicted molar refractivity (Wildman–Crippen MR) is 191 cm³/mol. The fourth-order valence-corrected chi connectivity index (χ4v) is 6.53. The Labute approximate surface area is 284 Å². The normalized spacial score (nSPS) is 12.9. The number of urea groups is 1. The molecular formula is C37H39N5O5S. The summed E-state index contributed by atoms with van der Waals surface area (Å²) in [6, 6.07) is 24.6. The topological polar surface area (TPSA) is 117 Å². The second-order valence-corrected chi connectivity index (χ2v) is 14.0. The van der Waals surface area contributed by atoms with E-state index in [0.717, 1.165) is 28.1 Å². The molecule has 2 N–H and O–H groups in total. The molecule has 2 aromatic heterocycles. The van der Waals surface area contributed by atoms with Crippen LogP contribution in [0.2, 0.25) is 0 Å². The molecule has 0 atom stereocenters. The summed E-state index contributed by atoms with van der Waals surface area (Å²) in [4.78, 5) is 38.5. The second-order valence-electron chi connectivity index (χ2n) is 13.0. The number of amides is 2. The van der Waals surface area contributed by atoms with Crippen LogP contribution in [0.15, 0.2) is 78.9 Å². The Morgan fingerprint density at radius 3 is 2.52 bits per heavy atom. The molecule has 3 heterocycles. The zero-order chi connectivity index (χ0) is 33.8. The summed E-state index contributed by atoms with van der Waals surface area (Å²) in [6.45, 7) is 8.44. The van der Waals surface area contributed by atoms with Gasteiger partial charge in [0.2, 0.25) is 0 Å². The first-order valence-corrected chi connectivity index (χ1v) is 16.7. The van der Waals surface area contributed by atoms with Crippen molar-refractivity contribution in [3.63, 3.8) is 0 Å². The molecule has 48 heavy (non-hydrogen) atoms. The Morgan fingerprint density at radius 1 is 0.917 bits per heavy atom. The highest BCUT2D eigenvalue weighted by Crippen LogP contribution is 2.37. The van der Waals surface area contributed by atoms with E-state index in [1.807, 2.05) is 61.6 Å². The number of hydrogen-bond donors (Lipinski definition) is 2. The van der Waals surface area contributed by atoms with Crippen LogP contribution in [0.5, 0.6) is 11.5 Å². The molecule has 0 saturated carbocycles. The van der Waals surface area contributed by atoms with Gasteiger partial charge in [-0.1, -0.05) is 62.4 Å². The van der Waals surface area contributed by atoms with Crippen molar-refractivity contribution in [3.8, 4) is 22.8 Å². The number of carbonyl (C=O) groups is 2. The van der Waals surface area contributed by atoms with E-state index in [9.17, 15) is 14.7 Å². The summed E-state index contributed by atoms with van der Waals surface area (Å²) in [5.74, 6) is -0.195. The van der Waals surface area contributed by atoms with E-state index in [1.165, 1.54) is 16.9 Å². The maximum atomic E-state index is 13.5. The van der Waals surface area contributed by atoms with E-state index in [2.05, 4.69) is 53.1 Å². The molecule has 6 rings (SSSR count). The first kappa shape index (κ1) is 32.8. The number of carbonyl (C=O) groups excluding carboxylic acids is 1. The van der Waals surface area contributed by atoms with Crippen LogP contribution in [0.3, 0.4) is 0 Å². The molecular weight excluding hydrogens is 627 g/mol. The van der Waals surface area contributed by atoms with E-state index < -0.39 is 5.97 Å². The molecule has 0 fully saturated rings. The van der Waals surface area contributed by atoms with Gasteiger partial charge >= 0.3 is 12.0 Å². The van der Waals surface area contributed by atoms with E-state index >= 15 is 0 Å². The van der Waals surface area contributed by atoms with Crippen LogP contribution in [-0.2, 0) is 6.42 Å². The lowest BCUT2D eigenvalue weighted by Crippen LogP contribution is -2.44. The SMILES string of the molecule is CN1CCN(C(=O)Nc2nc3ccccc3s2)c2cc(-c3ccc(OCCCOc4cccc(CC(C)(C)C)c4)c(C(=O)O)n3)ccc21. The molecule has 0 spiro atoms. The maximum Gasteiger partial charge on any atom is 0.358 e. The Hall–Kier alpha value is -5.16. The van der Waals surface area contributed by atoms with Gasteiger partial charge in [0.1, 0.15) is 5.75 Å². The Kier molecular flexibility index (Phi) is 9.49. The summed E-state index contributed by atoms with van der Waals surface area (Å²) >= 11 is 1.42. The fraction of sp³-hybridized carbons (Fsp3) is 0.297. The number of likely N-dealkylation sites (N-methyl/N-ethyl adjacent to an activating group) is 1. The van der Waals surface area contributed by atoms with Crippen LogP contribution < -0.4 is 24.6 Å². The lowest BCUT2D eigenvalue weighted by molar-refractivity contribution is 0.0685. The third-order valence-electron chi connectivity index (χ3n) is 7.89. The number of rotatable bonds is 10. The standard InChI is InChI=1S/C37H39N5O5S/c1-37(2,3)23-24-9-7-10-26(21-24)46-19-8-20-47-31-16-14-27(38-33(31)34(43)44)25-13-15-29-30(22-25)42(18-17-41(29)4)36(45)40-35-39-28-11-5-6-12-32(28)48-35/h5-7,9-16,21-22H,8,17-20,23H2,1-4H3,(H,43,44)(H,39,40,45). The fourth-order valence-electron chi connectivity index (χ4n) is 5.67. The first-order chi connectivity index (χ1) is 23.0. The third kappa shape index (κ3) is 7.69. The van der Waals surface area contributed by atoms with Crippen molar-refractivity contribution in [3.05, 3.63) is 90.1 Å². The number of nitrogens with one attached hydrogen (secondary N) is 1. The highest BCUT2D eigenvalue weighted by Gasteiger charge is 2.27. The van der Waals surface area contributed by atoms with Gasteiger partial charge in [-0.05, 0) is 65.9 Å². The number of para-hydroxylation sites is 1. The number of thiazole rings is 1. The van der Waals surface area contributed by atoms with Crippen LogP contribution in [0.4, 0.5) is 21.3 Å². The predicted octanol–water partition coefficient (Wildman–Crippen LogP) is 7.98. The van der Waals surface area contributed by atoms with Crippen molar-refractivity contribution < 1.29 is 24.2 Å². The zero-order valence-corrected chi connectivity index (χ0v) is 28.3. The van der Waals surface area contributed by atoms with Gasteiger partial charge in [0.25, 0.3) is 0 Å². The smallest absolute Gasteiger partial charge is 0.358 e. The van der Waals surface area contributed by atoms with Gasteiger partial charge in [-0.25, -0.2) is 19.6 Å². The summed E-state index contributed by atoms with van der Waals surface area (Å²) < 4.78 is 12.8. The van der Waals surface area contributed by atoms with Gasteiger partial charge in [0, 0.05) is 32.1 Å². The molecule has 248 valence electrons. The molecule has 5 aromatic rings. The van der Waals surface area contributed by atoms with Crippen molar-refractivity contribution in [2.75, 3.05) is 48.5 Å². The van der Waals surface area contributed by atoms with Crippen molar-refractivity contribution >= 4 is 50.1 Å². The van der Waals surface area contributed by atoms with E-state index in [0.29, 0.717) is 48.2 Å². The quantitative estimate of drug-likeness (QED) is 0.144. The Morgan fingerprint density at radius 2 is 1.73 bits per heavy atom. The van der Waals surface area contributed by atoms with Crippen molar-refractivity contribution in [2.24, 2.45) is 5.41 Å². The highest BCUT2D eigenvalue weighted by molar-refractivity contribution is 7.22. The first-order valence-electron chi connectivity index (χ1n) is 15.9. The number of aromatic carboxylic acids is 1. The molecule has 3 aromatic carbocycles. The summed E-state index contributed by atoms with van der Waals surface area (Å²) in [6.07, 6.45) is 1.52. The van der Waals surface area contributed by atoms with Gasteiger partial charge in [-0.3, -0.25) is 10.2 Å². The number of aromatic nitrogens is 2. The molecule has 1 aliphatic rings. The maximum absolute atomic E-state index is 13.5. The summed E-state index contributed by atoms with van der Waals surface area (Å²) in [5.41, 5.74) is 4.78. The lowest BCUT2D eigenvalue weighted by atomic mass is 9.88. The van der Waals surface area contributed by atoms with E-state index in [-0.39, 0.29) is 29.5 Å². The number of anilines is 3. The number of pyridine rings is 1. The molecule has 0 unspecified atom stereocenters. The number of nitrogens with zero attached hydrogens (tertiary/aromatic N) is 4. The minimum atomic E-state index is -1.19. The number of hydrogen-bond acceptors (Lipinski definition) is 8. The molecule has 0 saturated heterocycles. The largest absolute Gasteiger partial charge is 0.493 e. The molecule has 0 radical (unpaired) electrons. The number of carboxylic acid groups (broad SMARTS) is 1. The Balaban J connectivity index is 1.13. The molecule has 0 bridgehead atoms. The number of carboxylic acids is 1. The van der Waals surface area contributed by atoms with Crippen molar-refractivity contribution in [1.29, 1.82) is 0 Å². The van der Waals surface area contributed by atoms with Gasteiger partial charge in [-0.15, -0.1) is 0 Å². The number of fused-ring (bicyclic) bond motifs is 2. The van der Waals surface area contributed by atoms with Crippen LogP contribution in [0.1, 0.15) is 43.2 Å². The van der Waals surface area contributed by atoms with Gasteiger partial charge in [0.15, 0.2) is 16.6 Å². The summed E-state index contributed by atoms with van der Waals surface area (Å²) in [5, 5.41) is 13.5. The number of ether oxygens (including phenoxy) is 2. The highest BCUT2D eigenvalue weighted by atomic mass is 32.1. The monoisotopic (exact) mass is 665 g/mol. The molecule has 10 nitrogen and oxygen atoms in total. The zero-order valence-electron chi connectivity index (χ0n) is 27.5. The van der Waals surface area contributed by atoms with Crippen LogP contribution in [0.25, 0.3) is 21.5 Å². The average molecular weight is 666 g/mol. The average Bonchev–Trinajstić information content (AvgIpc) is 3.46.